The molecule has 2 aromatic carbocycles. The van der Waals surface area contributed by atoms with Crippen molar-refractivity contribution >= 4 is 21.6 Å². The first-order valence-electron chi connectivity index (χ1n) is 5.47. The van der Waals surface area contributed by atoms with E-state index in [1.54, 1.807) is 12.1 Å². The highest BCUT2D eigenvalue weighted by molar-refractivity contribution is 9.10. The topological polar surface area (TPSA) is 35.8 Å². The van der Waals surface area contributed by atoms with Crippen molar-refractivity contribution in [3.63, 3.8) is 0 Å². The fourth-order valence-corrected chi connectivity index (χ4v) is 1.84. The highest BCUT2D eigenvalue weighted by Crippen LogP contribution is 2.23. The van der Waals surface area contributed by atoms with Crippen molar-refractivity contribution < 1.29 is 8.78 Å². The number of nitrogens with one attached hydrogen (secondary N) is 1. The molecule has 96 valence electrons. The number of nitrogens with zero attached hydrogens (tertiary/aromatic N) is 1. The van der Waals surface area contributed by atoms with E-state index in [2.05, 4.69) is 21.2 Å². The van der Waals surface area contributed by atoms with Gasteiger partial charge in [-0.05, 0) is 57.9 Å². The fraction of sp³-hybridized carbons (Fsp3) is 0.0714. The summed E-state index contributed by atoms with van der Waals surface area (Å²) >= 11 is 3.06. The van der Waals surface area contributed by atoms with Crippen LogP contribution >= 0.6 is 15.9 Å². The average molecular weight is 323 g/mol. The molecule has 2 rings (SSSR count). The van der Waals surface area contributed by atoms with Crippen LogP contribution in [0.1, 0.15) is 11.6 Å². The zero-order valence-corrected chi connectivity index (χ0v) is 11.3. The number of rotatable bonds is 3. The average Bonchev–Trinajstić information content (AvgIpc) is 2.41. The van der Waals surface area contributed by atoms with Gasteiger partial charge in [-0.1, -0.05) is 6.07 Å². The van der Waals surface area contributed by atoms with Crippen LogP contribution < -0.4 is 5.32 Å². The van der Waals surface area contributed by atoms with E-state index in [1.165, 1.54) is 30.3 Å². The number of benzene rings is 2. The van der Waals surface area contributed by atoms with Gasteiger partial charge in [-0.15, -0.1) is 0 Å². The molecule has 0 amide bonds. The molecule has 0 saturated heterocycles. The summed E-state index contributed by atoms with van der Waals surface area (Å²) in [5, 5.41) is 12.0. The Hall–Kier alpha value is -1.93. The summed E-state index contributed by atoms with van der Waals surface area (Å²) in [5.74, 6) is -0.785. The van der Waals surface area contributed by atoms with Gasteiger partial charge in [0.05, 0.1) is 10.5 Å². The van der Waals surface area contributed by atoms with Crippen molar-refractivity contribution in [3.05, 3.63) is 64.1 Å². The van der Waals surface area contributed by atoms with Crippen LogP contribution in [0.4, 0.5) is 14.5 Å². The van der Waals surface area contributed by atoms with Crippen molar-refractivity contribution in [2.75, 3.05) is 5.32 Å². The molecule has 0 aliphatic heterocycles. The van der Waals surface area contributed by atoms with Gasteiger partial charge in [0.2, 0.25) is 0 Å². The van der Waals surface area contributed by atoms with E-state index in [0.29, 0.717) is 15.7 Å². The van der Waals surface area contributed by atoms with Gasteiger partial charge in [0.1, 0.15) is 17.7 Å². The van der Waals surface area contributed by atoms with Gasteiger partial charge in [0.15, 0.2) is 0 Å². The molecule has 2 aromatic rings. The van der Waals surface area contributed by atoms with Gasteiger partial charge in [-0.25, -0.2) is 8.78 Å². The maximum atomic E-state index is 13.4. The molecular formula is C14H9BrF2N2. The standard InChI is InChI=1S/C14H9BrF2N2/c15-12-6-1-9(7-13(12)17)14(8-18)19-11-4-2-10(16)3-5-11/h1-7,14,19H. The molecule has 0 aliphatic rings. The quantitative estimate of drug-likeness (QED) is 0.908. The van der Waals surface area contributed by atoms with Crippen LogP contribution in [0, 0.1) is 23.0 Å². The van der Waals surface area contributed by atoms with Gasteiger partial charge in [-0.3, -0.25) is 0 Å². The molecule has 1 atom stereocenters. The molecule has 5 heteroatoms. The van der Waals surface area contributed by atoms with Crippen LogP contribution in [0.3, 0.4) is 0 Å². The molecule has 0 bridgehead atoms. The van der Waals surface area contributed by atoms with Crippen LogP contribution in [0.25, 0.3) is 0 Å². The van der Waals surface area contributed by atoms with E-state index in [0.717, 1.165) is 0 Å². The van der Waals surface area contributed by atoms with Gasteiger partial charge < -0.3 is 5.32 Å². The summed E-state index contributed by atoms with van der Waals surface area (Å²) in [6.45, 7) is 0. The van der Waals surface area contributed by atoms with Crippen molar-refractivity contribution in [1.29, 1.82) is 5.26 Å². The first-order chi connectivity index (χ1) is 9.10. The molecule has 0 aromatic heterocycles. The molecule has 1 unspecified atom stereocenters. The minimum Gasteiger partial charge on any atom is -0.366 e. The maximum absolute atomic E-state index is 13.4. The smallest absolute Gasteiger partial charge is 0.140 e. The molecule has 2 nitrogen and oxygen atoms in total. The van der Waals surface area contributed by atoms with E-state index in [1.807, 2.05) is 6.07 Å². The SMILES string of the molecule is N#CC(Nc1ccc(F)cc1)c1ccc(Br)c(F)c1. The highest BCUT2D eigenvalue weighted by Gasteiger charge is 2.12. The molecular weight excluding hydrogens is 314 g/mol. The van der Waals surface area contributed by atoms with Gasteiger partial charge in [-0.2, -0.15) is 5.26 Å². The first kappa shape index (κ1) is 13.5. The van der Waals surface area contributed by atoms with E-state index < -0.39 is 11.9 Å². The van der Waals surface area contributed by atoms with Gasteiger partial charge in [0.25, 0.3) is 0 Å². The van der Waals surface area contributed by atoms with Crippen molar-refractivity contribution in [3.8, 4) is 6.07 Å². The number of anilines is 1. The third-order valence-corrected chi connectivity index (χ3v) is 3.20. The highest BCUT2D eigenvalue weighted by atomic mass is 79.9. The summed E-state index contributed by atoms with van der Waals surface area (Å²) in [5.41, 5.74) is 1.10. The second kappa shape index (κ2) is 5.81. The van der Waals surface area contributed by atoms with Crippen LogP contribution in [0.2, 0.25) is 0 Å². The summed E-state index contributed by atoms with van der Waals surface area (Å²) in [7, 11) is 0. The Labute approximate surface area is 117 Å². The largest absolute Gasteiger partial charge is 0.366 e. The minimum absolute atomic E-state index is 0.342. The first-order valence-corrected chi connectivity index (χ1v) is 6.26. The Morgan fingerprint density at radius 1 is 1.11 bits per heavy atom. The molecule has 0 spiro atoms. The van der Waals surface area contributed by atoms with Gasteiger partial charge in [0, 0.05) is 5.69 Å². The predicted molar refractivity (Wildman–Crippen MR) is 72.5 cm³/mol. The lowest BCUT2D eigenvalue weighted by atomic mass is 10.1. The Balaban J connectivity index is 2.23. The van der Waals surface area contributed by atoms with Crippen molar-refractivity contribution in [2.45, 2.75) is 6.04 Å². The Morgan fingerprint density at radius 3 is 2.37 bits per heavy atom. The van der Waals surface area contributed by atoms with Crippen molar-refractivity contribution in [2.24, 2.45) is 0 Å². The summed E-state index contributed by atoms with van der Waals surface area (Å²) < 4.78 is 26.6. The molecule has 19 heavy (non-hydrogen) atoms. The predicted octanol–water partition coefficient (Wildman–Crippen LogP) is 4.40. The number of hydrogen-bond donors (Lipinski definition) is 1. The summed E-state index contributed by atoms with van der Waals surface area (Å²) in [4.78, 5) is 0. The molecule has 1 N–H and O–H groups in total. The lowest BCUT2D eigenvalue weighted by molar-refractivity contribution is 0.618. The third kappa shape index (κ3) is 3.30. The fourth-order valence-electron chi connectivity index (χ4n) is 1.59. The lowest BCUT2D eigenvalue weighted by Gasteiger charge is -2.13. The van der Waals surface area contributed by atoms with Crippen LogP contribution in [0.5, 0.6) is 0 Å². The summed E-state index contributed by atoms with van der Waals surface area (Å²) in [6.07, 6.45) is 0. The second-order valence-corrected chi connectivity index (χ2v) is 4.74. The molecule has 0 saturated carbocycles. The molecule has 0 aliphatic carbocycles. The second-order valence-electron chi connectivity index (χ2n) is 3.89. The Morgan fingerprint density at radius 2 is 1.79 bits per heavy atom. The van der Waals surface area contributed by atoms with Crippen LogP contribution in [-0.4, -0.2) is 0 Å². The van der Waals surface area contributed by atoms with E-state index in [-0.39, 0.29) is 5.82 Å². The summed E-state index contributed by atoms with van der Waals surface area (Å²) in [6, 6.07) is 11.4. The van der Waals surface area contributed by atoms with Crippen LogP contribution in [0.15, 0.2) is 46.9 Å². The minimum atomic E-state index is -0.701. The van der Waals surface area contributed by atoms with Crippen molar-refractivity contribution in [1.82, 2.24) is 0 Å². The number of halogens is 3. The Kier molecular flexibility index (Phi) is 4.13. The van der Waals surface area contributed by atoms with E-state index >= 15 is 0 Å². The number of nitriles is 1. The van der Waals surface area contributed by atoms with Crippen LogP contribution in [-0.2, 0) is 0 Å². The van der Waals surface area contributed by atoms with Gasteiger partial charge >= 0.3 is 0 Å². The normalized spacial score (nSPS) is 11.7. The maximum Gasteiger partial charge on any atom is 0.140 e. The molecule has 0 fully saturated rings. The van der Waals surface area contributed by atoms with E-state index in [4.69, 9.17) is 5.26 Å². The third-order valence-electron chi connectivity index (χ3n) is 2.56. The number of hydrogen-bond acceptors (Lipinski definition) is 2. The lowest BCUT2D eigenvalue weighted by Crippen LogP contribution is -2.08. The molecule has 0 heterocycles. The molecule has 0 radical (unpaired) electrons. The zero-order chi connectivity index (χ0) is 13.8. The Bertz CT molecular complexity index is 620. The van der Waals surface area contributed by atoms with E-state index in [9.17, 15) is 8.78 Å². The monoisotopic (exact) mass is 322 g/mol. The zero-order valence-electron chi connectivity index (χ0n) is 9.70.